The summed E-state index contributed by atoms with van der Waals surface area (Å²) in [5, 5.41) is 8.88. The number of anilines is 1. The molecule has 0 saturated carbocycles. The lowest BCUT2D eigenvalue weighted by Crippen LogP contribution is -2.47. The zero-order chi connectivity index (χ0) is 20.5. The second-order valence-corrected chi connectivity index (χ2v) is 6.77. The minimum absolute atomic E-state index is 0.232. The lowest BCUT2D eigenvalue weighted by atomic mass is 10.0. The molecule has 0 radical (unpaired) electrons. The summed E-state index contributed by atoms with van der Waals surface area (Å²) < 4.78 is 27.7. The number of nitrogen functional groups attached to an aromatic ring is 1. The van der Waals surface area contributed by atoms with Crippen LogP contribution in [0.25, 0.3) is 11.3 Å². The largest absolute Gasteiger partial charge is 0.399 e. The van der Waals surface area contributed by atoms with Crippen LogP contribution in [0, 0.1) is 11.6 Å². The number of carbonyl (C=O) groups excluding carboxylic acids is 1. The number of allylic oxidation sites excluding steroid dienone is 3. The van der Waals surface area contributed by atoms with Crippen molar-refractivity contribution in [2.45, 2.75) is 13.1 Å². The van der Waals surface area contributed by atoms with E-state index < -0.39 is 17.8 Å². The SMILES string of the molecule is CC1=NN2C(=O)C=C(c3ccc(N)cc3)NC2C=C(c2ccc(F)cc2F)C=C1. The van der Waals surface area contributed by atoms with Crippen molar-refractivity contribution in [2.75, 3.05) is 5.73 Å². The van der Waals surface area contributed by atoms with E-state index in [0.717, 1.165) is 11.6 Å². The third kappa shape index (κ3) is 3.80. The quantitative estimate of drug-likeness (QED) is 0.766. The lowest BCUT2D eigenvalue weighted by molar-refractivity contribution is -0.128. The van der Waals surface area contributed by atoms with Crippen molar-refractivity contribution in [1.29, 1.82) is 0 Å². The predicted molar refractivity (Wildman–Crippen MR) is 109 cm³/mol. The second kappa shape index (κ2) is 7.35. The molecule has 0 aliphatic carbocycles. The van der Waals surface area contributed by atoms with Crippen LogP contribution in [-0.4, -0.2) is 22.8 Å². The number of carbonyl (C=O) groups is 1. The number of amides is 1. The molecule has 1 unspecified atom stereocenters. The smallest absolute Gasteiger partial charge is 0.271 e. The molecule has 0 bridgehead atoms. The Labute approximate surface area is 166 Å². The molecule has 3 N–H and O–H groups in total. The molecule has 2 aliphatic rings. The molecule has 2 aromatic rings. The fraction of sp³-hybridized carbons (Fsp3) is 0.0909. The summed E-state index contributed by atoms with van der Waals surface area (Å²) in [7, 11) is 0. The average molecular weight is 392 g/mol. The van der Waals surface area contributed by atoms with Crippen LogP contribution in [0.1, 0.15) is 18.1 Å². The highest BCUT2D eigenvalue weighted by Gasteiger charge is 2.28. The van der Waals surface area contributed by atoms with Crippen LogP contribution in [0.15, 0.2) is 71.9 Å². The van der Waals surface area contributed by atoms with Crippen LogP contribution in [0.3, 0.4) is 0 Å². The molecular formula is C22H18F2N4O. The van der Waals surface area contributed by atoms with Gasteiger partial charge in [0.15, 0.2) is 0 Å². The fourth-order valence-electron chi connectivity index (χ4n) is 3.18. The van der Waals surface area contributed by atoms with E-state index in [0.29, 0.717) is 22.7 Å². The molecule has 0 spiro atoms. The summed E-state index contributed by atoms with van der Waals surface area (Å²) in [5.74, 6) is -1.65. The van der Waals surface area contributed by atoms with Crippen molar-refractivity contribution in [2.24, 2.45) is 5.10 Å². The number of hydrogen-bond acceptors (Lipinski definition) is 4. The number of nitrogens with two attached hydrogens (primary N) is 1. The Bertz CT molecular complexity index is 1100. The number of hydrogen-bond donors (Lipinski definition) is 2. The summed E-state index contributed by atoms with van der Waals surface area (Å²) in [6.45, 7) is 1.74. The lowest BCUT2D eigenvalue weighted by Gasteiger charge is -2.32. The highest BCUT2D eigenvalue weighted by Crippen LogP contribution is 2.26. The van der Waals surface area contributed by atoms with E-state index in [1.807, 2.05) is 0 Å². The third-order valence-electron chi connectivity index (χ3n) is 4.63. The Hall–Kier alpha value is -3.74. The number of rotatable bonds is 2. The van der Waals surface area contributed by atoms with Crippen LogP contribution in [-0.2, 0) is 4.79 Å². The molecule has 146 valence electrons. The Balaban J connectivity index is 1.78. The molecular weight excluding hydrogens is 374 g/mol. The Morgan fingerprint density at radius 2 is 1.86 bits per heavy atom. The molecule has 2 aliphatic heterocycles. The van der Waals surface area contributed by atoms with Crippen molar-refractivity contribution in [3.63, 3.8) is 0 Å². The maximum absolute atomic E-state index is 14.4. The van der Waals surface area contributed by atoms with Crippen LogP contribution in [0.2, 0.25) is 0 Å². The molecule has 7 heteroatoms. The first-order valence-corrected chi connectivity index (χ1v) is 8.98. The number of nitrogens with one attached hydrogen (secondary N) is 1. The van der Waals surface area contributed by atoms with Gasteiger partial charge in [-0.25, -0.2) is 13.8 Å². The van der Waals surface area contributed by atoms with Crippen molar-refractivity contribution in [1.82, 2.24) is 10.3 Å². The van der Waals surface area contributed by atoms with Gasteiger partial charge in [0.1, 0.15) is 17.8 Å². The summed E-state index contributed by atoms with van der Waals surface area (Å²) in [6.07, 6.45) is 5.86. The average Bonchev–Trinajstić information content (AvgIpc) is 2.67. The molecule has 4 rings (SSSR count). The highest BCUT2D eigenvalue weighted by atomic mass is 19.1. The molecule has 2 heterocycles. The highest BCUT2D eigenvalue weighted by molar-refractivity contribution is 6.01. The van der Waals surface area contributed by atoms with Gasteiger partial charge in [-0.2, -0.15) is 5.10 Å². The van der Waals surface area contributed by atoms with Gasteiger partial charge in [0.05, 0.1) is 5.71 Å². The van der Waals surface area contributed by atoms with Crippen LogP contribution >= 0.6 is 0 Å². The summed E-state index contributed by atoms with van der Waals surface area (Å²) in [6, 6.07) is 10.5. The summed E-state index contributed by atoms with van der Waals surface area (Å²) in [4.78, 5) is 12.7. The van der Waals surface area contributed by atoms with Crippen molar-refractivity contribution in [3.8, 4) is 0 Å². The topological polar surface area (TPSA) is 70.7 Å². The first kappa shape index (κ1) is 18.6. The number of nitrogens with zero attached hydrogens (tertiary/aromatic N) is 2. The van der Waals surface area contributed by atoms with Gasteiger partial charge in [-0.3, -0.25) is 4.79 Å². The van der Waals surface area contributed by atoms with E-state index in [2.05, 4.69) is 10.4 Å². The van der Waals surface area contributed by atoms with E-state index in [1.165, 1.54) is 23.2 Å². The van der Waals surface area contributed by atoms with Gasteiger partial charge in [0.25, 0.3) is 5.91 Å². The van der Waals surface area contributed by atoms with Gasteiger partial charge in [0.2, 0.25) is 0 Å². The number of benzene rings is 2. The van der Waals surface area contributed by atoms with E-state index >= 15 is 0 Å². The molecule has 5 nitrogen and oxygen atoms in total. The summed E-state index contributed by atoms with van der Waals surface area (Å²) in [5.41, 5.74) is 9.05. The van der Waals surface area contributed by atoms with Gasteiger partial charge >= 0.3 is 0 Å². The molecule has 0 saturated heterocycles. The first-order valence-electron chi connectivity index (χ1n) is 8.98. The third-order valence-corrected chi connectivity index (χ3v) is 4.63. The standard InChI is InChI=1S/C22H18F2N4O/c1-13-2-3-15(18-9-6-16(23)11-19(18)24)10-21-26-20(12-22(29)28(21)27-13)14-4-7-17(25)8-5-14/h2-12,21,26H,25H2,1H3. The number of halogens is 2. The Kier molecular flexibility index (Phi) is 4.72. The van der Waals surface area contributed by atoms with Gasteiger partial charge in [-0.05, 0) is 54.5 Å². The van der Waals surface area contributed by atoms with Gasteiger partial charge in [0, 0.05) is 29.1 Å². The van der Waals surface area contributed by atoms with Crippen LogP contribution < -0.4 is 11.1 Å². The Morgan fingerprint density at radius 3 is 2.59 bits per heavy atom. The first-order chi connectivity index (χ1) is 13.9. The molecule has 29 heavy (non-hydrogen) atoms. The van der Waals surface area contributed by atoms with Crippen LogP contribution in [0.5, 0.6) is 0 Å². The molecule has 1 atom stereocenters. The Morgan fingerprint density at radius 1 is 1.10 bits per heavy atom. The zero-order valence-corrected chi connectivity index (χ0v) is 15.6. The van der Waals surface area contributed by atoms with Gasteiger partial charge in [-0.15, -0.1) is 0 Å². The molecule has 2 aromatic carbocycles. The van der Waals surface area contributed by atoms with E-state index in [-0.39, 0.29) is 11.5 Å². The second-order valence-electron chi connectivity index (χ2n) is 6.77. The fourth-order valence-corrected chi connectivity index (χ4v) is 3.18. The van der Waals surface area contributed by atoms with Gasteiger partial charge in [-0.1, -0.05) is 18.2 Å². The summed E-state index contributed by atoms with van der Waals surface area (Å²) >= 11 is 0. The molecule has 0 aromatic heterocycles. The van der Waals surface area contributed by atoms with Crippen LogP contribution in [0.4, 0.5) is 14.5 Å². The normalized spacial score (nSPS) is 18.7. The van der Waals surface area contributed by atoms with Crippen molar-refractivity contribution >= 4 is 28.6 Å². The minimum atomic E-state index is -0.681. The molecule has 0 fully saturated rings. The van der Waals surface area contributed by atoms with Gasteiger partial charge < -0.3 is 11.1 Å². The minimum Gasteiger partial charge on any atom is -0.399 e. The zero-order valence-electron chi connectivity index (χ0n) is 15.6. The molecule has 1 amide bonds. The van der Waals surface area contributed by atoms with E-state index in [1.54, 1.807) is 49.4 Å². The van der Waals surface area contributed by atoms with E-state index in [9.17, 15) is 13.6 Å². The maximum Gasteiger partial charge on any atom is 0.271 e. The van der Waals surface area contributed by atoms with Crippen molar-refractivity contribution < 1.29 is 13.6 Å². The van der Waals surface area contributed by atoms with Crippen molar-refractivity contribution in [3.05, 3.63) is 89.5 Å². The monoisotopic (exact) mass is 392 g/mol. The number of hydrazone groups is 1. The van der Waals surface area contributed by atoms with E-state index in [4.69, 9.17) is 5.73 Å². The maximum atomic E-state index is 14.4. The predicted octanol–water partition coefficient (Wildman–Crippen LogP) is 3.68. The number of fused-ring (bicyclic) bond motifs is 1.